The Labute approximate surface area is 113 Å². The summed E-state index contributed by atoms with van der Waals surface area (Å²) in [7, 11) is 2.06. The van der Waals surface area contributed by atoms with Crippen LogP contribution >= 0.6 is 0 Å². The normalized spacial score (nSPS) is 10.9. The van der Waals surface area contributed by atoms with Gasteiger partial charge in [0.1, 0.15) is 12.4 Å². The van der Waals surface area contributed by atoms with E-state index in [1.54, 1.807) is 12.5 Å². The molecule has 2 rings (SSSR count). The molecule has 19 heavy (non-hydrogen) atoms. The summed E-state index contributed by atoms with van der Waals surface area (Å²) in [6.07, 6.45) is 3.46. The molecule has 1 aromatic heterocycles. The maximum atomic E-state index is 5.72. The van der Waals surface area contributed by atoms with Crippen molar-refractivity contribution < 1.29 is 9.15 Å². The van der Waals surface area contributed by atoms with Crippen LogP contribution in [0.2, 0.25) is 0 Å². The van der Waals surface area contributed by atoms with Crippen LogP contribution in [0.3, 0.4) is 0 Å². The molecule has 2 aromatic rings. The second-order valence-electron chi connectivity index (χ2n) is 4.57. The minimum atomic E-state index is 0.539. The molecule has 0 radical (unpaired) electrons. The largest absolute Gasteiger partial charge is 0.492 e. The number of nitrogens with two attached hydrogens (primary N) is 1. The van der Waals surface area contributed by atoms with Gasteiger partial charge in [0.2, 0.25) is 0 Å². The molecule has 0 saturated carbocycles. The summed E-state index contributed by atoms with van der Waals surface area (Å²) in [5.41, 5.74) is 7.86. The zero-order valence-corrected chi connectivity index (χ0v) is 11.2. The average Bonchev–Trinajstić information content (AvgIpc) is 2.92. The Hall–Kier alpha value is -1.78. The number of benzene rings is 1. The zero-order valence-electron chi connectivity index (χ0n) is 11.2. The number of ether oxygens (including phenoxy) is 1. The summed E-state index contributed by atoms with van der Waals surface area (Å²) in [5, 5.41) is 0. The highest BCUT2D eigenvalue weighted by molar-refractivity contribution is 5.28. The van der Waals surface area contributed by atoms with E-state index in [4.69, 9.17) is 14.9 Å². The summed E-state index contributed by atoms with van der Waals surface area (Å²) in [4.78, 5) is 2.19. The van der Waals surface area contributed by atoms with Crippen LogP contribution in [0.1, 0.15) is 11.1 Å². The minimum Gasteiger partial charge on any atom is -0.492 e. The van der Waals surface area contributed by atoms with Crippen LogP contribution < -0.4 is 10.5 Å². The van der Waals surface area contributed by atoms with Gasteiger partial charge >= 0.3 is 0 Å². The maximum Gasteiger partial charge on any atom is 0.119 e. The van der Waals surface area contributed by atoms with Gasteiger partial charge in [-0.15, -0.1) is 0 Å². The Morgan fingerprint density at radius 2 is 2.16 bits per heavy atom. The Morgan fingerprint density at radius 3 is 2.89 bits per heavy atom. The van der Waals surface area contributed by atoms with Gasteiger partial charge in [-0.2, -0.15) is 0 Å². The molecule has 1 aromatic carbocycles. The van der Waals surface area contributed by atoms with Crippen molar-refractivity contribution in [3.05, 3.63) is 54.0 Å². The van der Waals surface area contributed by atoms with Gasteiger partial charge in [-0.25, -0.2) is 0 Å². The first-order valence-electron chi connectivity index (χ1n) is 6.39. The highest BCUT2D eigenvalue weighted by Crippen LogP contribution is 2.12. The van der Waals surface area contributed by atoms with E-state index < -0.39 is 0 Å². The molecule has 2 N–H and O–H groups in total. The molecule has 0 fully saturated rings. The van der Waals surface area contributed by atoms with Crippen LogP contribution in [0, 0.1) is 0 Å². The van der Waals surface area contributed by atoms with Gasteiger partial charge in [0.25, 0.3) is 0 Å². The second-order valence-corrected chi connectivity index (χ2v) is 4.57. The molecule has 1 heterocycles. The Bertz CT molecular complexity index is 483. The predicted octanol–water partition coefficient (Wildman–Crippen LogP) is 2.25. The molecule has 0 aliphatic carbocycles. The van der Waals surface area contributed by atoms with Crippen molar-refractivity contribution in [1.82, 2.24) is 4.90 Å². The van der Waals surface area contributed by atoms with Crippen molar-refractivity contribution in [2.75, 3.05) is 20.2 Å². The van der Waals surface area contributed by atoms with Gasteiger partial charge in [-0.05, 0) is 30.8 Å². The summed E-state index contributed by atoms with van der Waals surface area (Å²) < 4.78 is 10.8. The number of likely N-dealkylation sites (N-methyl/N-ethyl adjacent to an activating group) is 1. The summed E-state index contributed by atoms with van der Waals surface area (Å²) in [6.45, 7) is 2.92. The van der Waals surface area contributed by atoms with Gasteiger partial charge in [0.15, 0.2) is 0 Å². The molecule has 0 spiro atoms. The molecular weight excluding hydrogens is 240 g/mol. The Balaban J connectivity index is 1.73. The van der Waals surface area contributed by atoms with Crippen LogP contribution in [0.5, 0.6) is 5.75 Å². The fraction of sp³-hybridized carbons (Fsp3) is 0.333. The second kappa shape index (κ2) is 6.97. The molecule has 0 aliphatic rings. The van der Waals surface area contributed by atoms with Crippen LogP contribution in [0.15, 0.2) is 47.3 Å². The van der Waals surface area contributed by atoms with Crippen molar-refractivity contribution >= 4 is 0 Å². The number of nitrogens with zero attached hydrogens (tertiary/aromatic N) is 1. The Kier molecular flexibility index (Phi) is 5.01. The quantitative estimate of drug-likeness (QED) is 0.829. The summed E-state index contributed by atoms with van der Waals surface area (Å²) in [5.74, 6) is 0.875. The zero-order chi connectivity index (χ0) is 13.5. The lowest BCUT2D eigenvalue weighted by atomic mass is 10.2. The third-order valence-corrected chi connectivity index (χ3v) is 2.91. The topological polar surface area (TPSA) is 51.6 Å². The number of hydrogen-bond donors (Lipinski definition) is 1. The first kappa shape index (κ1) is 13.6. The van der Waals surface area contributed by atoms with Gasteiger partial charge in [-0.1, -0.05) is 12.1 Å². The molecule has 0 amide bonds. The molecule has 0 bridgehead atoms. The lowest BCUT2D eigenvalue weighted by Crippen LogP contribution is -2.23. The highest BCUT2D eigenvalue weighted by Gasteiger charge is 2.02. The van der Waals surface area contributed by atoms with E-state index in [2.05, 4.69) is 11.9 Å². The number of furan rings is 1. The van der Waals surface area contributed by atoms with Crippen molar-refractivity contribution in [2.24, 2.45) is 5.73 Å². The molecule has 102 valence electrons. The van der Waals surface area contributed by atoms with E-state index in [9.17, 15) is 0 Å². The molecule has 0 unspecified atom stereocenters. The smallest absolute Gasteiger partial charge is 0.119 e. The van der Waals surface area contributed by atoms with E-state index >= 15 is 0 Å². The van der Waals surface area contributed by atoms with Crippen molar-refractivity contribution in [3.63, 3.8) is 0 Å². The van der Waals surface area contributed by atoms with Crippen LogP contribution in [-0.2, 0) is 13.1 Å². The van der Waals surface area contributed by atoms with E-state index in [0.29, 0.717) is 13.2 Å². The summed E-state index contributed by atoms with van der Waals surface area (Å²) in [6, 6.07) is 9.87. The third-order valence-electron chi connectivity index (χ3n) is 2.91. The SMILES string of the molecule is CN(CCOc1cccc(CN)c1)Cc1ccoc1. The van der Waals surface area contributed by atoms with E-state index in [-0.39, 0.29) is 0 Å². The number of rotatable bonds is 7. The third kappa shape index (κ3) is 4.43. The van der Waals surface area contributed by atoms with Gasteiger partial charge in [0.05, 0.1) is 12.5 Å². The lowest BCUT2D eigenvalue weighted by molar-refractivity contribution is 0.232. The van der Waals surface area contributed by atoms with Gasteiger partial charge < -0.3 is 14.9 Å². The molecule has 0 aliphatic heterocycles. The maximum absolute atomic E-state index is 5.72. The van der Waals surface area contributed by atoms with Crippen molar-refractivity contribution in [2.45, 2.75) is 13.1 Å². The Morgan fingerprint density at radius 1 is 1.26 bits per heavy atom. The van der Waals surface area contributed by atoms with Gasteiger partial charge in [-0.3, -0.25) is 4.90 Å². The van der Waals surface area contributed by atoms with E-state index in [1.807, 2.05) is 30.3 Å². The van der Waals surface area contributed by atoms with Crippen LogP contribution in [0.4, 0.5) is 0 Å². The number of hydrogen-bond acceptors (Lipinski definition) is 4. The fourth-order valence-corrected chi connectivity index (χ4v) is 1.85. The fourth-order valence-electron chi connectivity index (χ4n) is 1.85. The molecule has 4 nitrogen and oxygen atoms in total. The molecule has 0 saturated heterocycles. The lowest BCUT2D eigenvalue weighted by Gasteiger charge is -2.16. The first-order valence-corrected chi connectivity index (χ1v) is 6.39. The average molecular weight is 260 g/mol. The van der Waals surface area contributed by atoms with E-state index in [1.165, 1.54) is 5.56 Å². The predicted molar refractivity (Wildman–Crippen MR) is 74.9 cm³/mol. The van der Waals surface area contributed by atoms with E-state index in [0.717, 1.165) is 24.4 Å². The molecule has 0 atom stereocenters. The van der Waals surface area contributed by atoms with Crippen LogP contribution in [0.25, 0.3) is 0 Å². The summed E-state index contributed by atoms with van der Waals surface area (Å²) >= 11 is 0. The van der Waals surface area contributed by atoms with Crippen molar-refractivity contribution in [1.29, 1.82) is 0 Å². The monoisotopic (exact) mass is 260 g/mol. The van der Waals surface area contributed by atoms with Crippen molar-refractivity contribution in [3.8, 4) is 5.75 Å². The van der Waals surface area contributed by atoms with Gasteiger partial charge in [0, 0.05) is 25.2 Å². The molecular formula is C15H20N2O2. The molecule has 4 heteroatoms. The minimum absolute atomic E-state index is 0.539. The first-order chi connectivity index (χ1) is 9.28. The van der Waals surface area contributed by atoms with Crippen LogP contribution in [-0.4, -0.2) is 25.1 Å². The standard InChI is InChI=1S/C15H20N2O2/c1-17(11-14-5-7-18-12-14)6-8-19-15-4-2-3-13(9-15)10-16/h2-5,7,9,12H,6,8,10-11,16H2,1H3. The highest BCUT2D eigenvalue weighted by atomic mass is 16.5.